The van der Waals surface area contributed by atoms with Crippen molar-refractivity contribution in [3.63, 3.8) is 0 Å². The Bertz CT molecular complexity index is 494. The van der Waals surface area contributed by atoms with E-state index in [0.29, 0.717) is 0 Å². The number of phenolic OH excluding ortho intramolecular Hbond substituents is 1. The summed E-state index contributed by atoms with van der Waals surface area (Å²) in [6.07, 6.45) is 0. The fraction of sp³-hybridized carbons (Fsp3) is 0.200. The van der Waals surface area contributed by atoms with Crippen molar-refractivity contribution in [3.05, 3.63) is 65.2 Å². The molecule has 2 rings (SSSR count). The number of aromatic hydroxyl groups is 1. The molecule has 3 N–H and O–H groups in total. The summed E-state index contributed by atoms with van der Waals surface area (Å²) in [5.41, 5.74) is 3.21. The van der Waals surface area contributed by atoms with Gasteiger partial charge in [-0.1, -0.05) is 36.4 Å². The zero-order chi connectivity index (χ0) is 12.8. The van der Waals surface area contributed by atoms with Crippen molar-refractivity contribution in [2.45, 2.75) is 19.7 Å². The molecule has 0 amide bonds. The third-order valence-corrected chi connectivity index (χ3v) is 2.77. The quantitative estimate of drug-likeness (QED) is 0.754. The Balaban J connectivity index is 1.86. The average Bonchev–Trinajstić information content (AvgIpc) is 2.41. The Labute approximate surface area is 107 Å². The highest BCUT2D eigenvalue weighted by Gasteiger charge is 1.96. The van der Waals surface area contributed by atoms with Crippen molar-refractivity contribution in [1.82, 2.24) is 5.32 Å². The van der Waals surface area contributed by atoms with Gasteiger partial charge in [0.25, 0.3) is 0 Å². The third-order valence-electron chi connectivity index (χ3n) is 2.77. The van der Waals surface area contributed by atoms with Crippen LogP contribution in [0.2, 0.25) is 0 Å². The molecule has 0 saturated heterocycles. The maximum Gasteiger partial charge on any atom is 0.115 e. The molecule has 0 aliphatic carbocycles. The van der Waals surface area contributed by atoms with Crippen LogP contribution in [-0.4, -0.2) is 10.2 Å². The van der Waals surface area contributed by atoms with Crippen molar-refractivity contribution in [2.75, 3.05) is 0 Å². The van der Waals surface area contributed by atoms with E-state index < -0.39 is 0 Å². The van der Waals surface area contributed by atoms with Gasteiger partial charge in [-0.3, -0.25) is 0 Å². The zero-order valence-corrected chi connectivity index (χ0v) is 10.1. The lowest BCUT2D eigenvalue weighted by atomic mass is 10.1. The molecule has 0 heterocycles. The summed E-state index contributed by atoms with van der Waals surface area (Å²) in [5.74, 6) is 0.286. The smallest absolute Gasteiger partial charge is 0.115 e. The molecule has 0 aliphatic rings. The molecule has 0 fully saturated rings. The minimum absolute atomic E-state index is 0.0752. The van der Waals surface area contributed by atoms with E-state index in [1.807, 2.05) is 36.4 Å². The molecule has 0 atom stereocenters. The second kappa shape index (κ2) is 6.19. The van der Waals surface area contributed by atoms with E-state index in [0.717, 1.165) is 29.8 Å². The summed E-state index contributed by atoms with van der Waals surface area (Å²) < 4.78 is 0. The molecule has 0 aliphatic heterocycles. The van der Waals surface area contributed by atoms with E-state index in [1.54, 1.807) is 12.1 Å². The number of hydrogen-bond acceptors (Lipinski definition) is 3. The average molecular weight is 243 g/mol. The van der Waals surface area contributed by atoms with E-state index in [9.17, 15) is 5.11 Å². The zero-order valence-electron chi connectivity index (χ0n) is 10.1. The van der Waals surface area contributed by atoms with Gasteiger partial charge < -0.3 is 15.5 Å². The van der Waals surface area contributed by atoms with Gasteiger partial charge in [0.05, 0.1) is 6.61 Å². The lowest BCUT2D eigenvalue weighted by Gasteiger charge is -2.06. The molecule has 3 heteroatoms. The van der Waals surface area contributed by atoms with Gasteiger partial charge in [-0.15, -0.1) is 0 Å². The standard InChI is InChI=1S/C15H17NO2/c17-11-14-3-1-2-13(8-14)10-16-9-12-4-6-15(18)7-5-12/h1-8,16-18H,9-11H2. The van der Waals surface area contributed by atoms with Crippen LogP contribution < -0.4 is 5.32 Å². The topological polar surface area (TPSA) is 52.5 Å². The van der Waals surface area contributed by atoms with Crippen molar-refractivity contribution in [1.29, 1.82) is 0 Å². The van der Waals surface area contributed by atoms with E-state index in [-0.39, 0.29) is 12.4 Å². The summed E-state index contributed by atoms with van der Waals surface area (Å²) in [4.78, 5) is 0. The molecule has 0 unspecified atom stereocenters. The van der Waals surface area contributed by atoms with Crippen LogP contribution in [-0.2, 0) is 19.7 Å². The lowest BCUT2D eigenvalue weighted by Crippen LogP contribution is -2.12. The molecule has 3 nitrogen and oxygen atoms in total. The summed E-state index contributed by atoms with van der Waals surface area (Å²) >= 11 is 0. The van der Waals surface area contributed by atoms with Gasteiger partial charge in [0.15, 0.2) is 0 Å². The van der Waals surface area contributed by atoms with E-state index in [4.69, 9.17) is 5.11 Å². The lowest BCUT2D eigenvalue weighted by molar-refractivity contribution is 0.281. The van der Waals surface area contributed by atoms with Crippen LogP contribution in [0.4, 0.5) is 0 Å². The Morgan fingerprint density at radius 2 is 1.50 bits per heavy atom. The van der Waals surface area contributed by atoms with Crippen LogP contribution in [0.1, 0.15) is 16.7 Å². The second-order valence-electron chi connectivity index (χ2n) is 4.25. The van der Waals surface area contributed by atoms with Crippen LogP contribution >= 0.6 is 0 Å². The van der Waals surface area contributed by atoms with Crippen molar-refractivity contribution < 1.29 is 10.2 Å². The number of phenols is 1. The molecule has 2 aromatic rings. The second-order valence-corrected chi connectivity index (χ2v) is 4.25. The van der Waals surface area contributed by atoms with Crippen LogP contribution in [0.3, 0.4) is 0 Å². The number of rotatable bonds is 5. The molecule has 2 aromatic carbocycles. The maximum atomic E-state index is 9.17. The highest BCUT2D eigenvalue weighted by atomic mass is 16.3. The molecule has 0 aromatic heterocycles. The van der Waals surface area contributed by atoms with Gasteiger partial charge in [-0.05, 0) is 28.8 Å². The van der Waals surface area contributed by atoms with Crippen molar-refractivity contribution >= 4 is 0 Å². The number of aliphatic hydroxyl groups excluding tert-OH is 1. The first-order valence-corrected chi connectivity index (χ1v) is 5.95. The summed E-state index contributed by atoms with van der Waals surface area (Å²) in [7, 11) is 0. The monoisotopic (exact) mass is 243 g/mol. The normalized spacial score (nSPS) is 10.5. The maximum absolute atomic E-state index is 9.17. The van der Waals surface area contributed by atoms with Gasteiger partial charge in [-0.2, -0.15) is 0 Å². The first-order valence-electron chi connectivity index (χ1n) is 5.95. The Hall–Kier alpha value is -1.84. The highest BCUT2D eigenvalue weighted by Crippen LogP contribution is 2.10. The molecule has 0 bridgehead atoms. The molecule has 0 spiro atoms. The van der Waals surface area contributed by atoms with Gasteiger partial charge in [0, 0.05) is 13.1 Å². The Kier molecular flexibility index (Phi) is 4.34. The van der Waals surface area contributed by atoms with E-state index in [2.05, 4.69) is 5.32 Å². The van der Waals surface area contributed by atoms with Crippen molar-refractivity contribution in [2.24, 2.45) is 0 Å². The van der Waals surface area contributed by atoms with Gasteiger partial charge in [0.1, 0.15) is 5.75 Å². The number of nitrogens with one attached hydrogen (secondary N) is 1. The number of aliphatic hydroxyl groups is 1. The SMILES string of the molecule is OCc1cccc(CNCc2ccc(O)cc2)c1. The largest absolute Gasteiger partial charge is 0.508 e. The Morgan fingerprint density at radius 3 is 2.22 bits per heavy atom. The Morgan fingerprint density at radius 1 is 0.833 bits per heavy atom. The molecule has 0 radical (unpaired) electrons. The number of benzene rings is 2. The first kappa shape index (κ1) is 12.6. The summed E-state index contributed by atoms with van der Waals surface area (Å²) in [5, 5.41) is 21.5. The third kappa shape index (κ3) is 3.58. The predicted octanol–water partition coefficient (Wildman–Crippen LogP) is 2.17. The minimum atomic E-state index is 0.0752. The summed E-state index contributed by atoms with van der Waals surface area (Å²) in [6.45, 7) is 1.59. The molecule has 18 heavy (non-hydrogen) atoms. The van der Waals surface area contributed by atoms with Gasteiger partial charge in [-0.25, -0.2) is 0 Å². The van der Waals surface area contributed by atoms with Gasteiger partial charge in [0.2, 0.25) is 0 Å². The first-order chi connectivity index (χ1) is 8.78. The van der Waals surface area contributed by atoms with Crippen molar-refractivity contribution in [3.8, 4) is 5.75 Å². The highest BCUT2D eigenvalue weighted by molar-refractivity contribution is 5.26. The predicted molar refractivity (Wildman–Crippen MR) is 71.0 cm³/mol. The molecule has 94 valence electrons. The van der Waals surface area contributed by atoms with Crippen LogP contribution in [0.15, 0.2) is 48.5 Å². The van der Waals surface area contributed by atoms with Gasteiger partial charge >= 0.3 is 0 Å². The minimum Gasteiger partial charge on any atom is -0.508 e. The van der Waals surface area contributed by atoms with Crippen LogP contribution in [0, 0.1) is 0 Å². The number of hydrogen-bond donors (Lipinski definition) is 3. The fourth-order valence-corrected chi connectivity index (χ4v) is 1.80. The summed E-state index contributed by atoms with van der Waals surface area (Å²) in [6, 6.07) is 15.0. The van der Waals surface area contributed by atoms with Crippen LogP contribution in [0.25, 0.3) is 0 Å². The molecular weight excluding hydrogens is 226 g/mol. The molecule has 0 saturated carbocycles. The van der Waals surface area contributed by atoms with Crippen LogP contribution in [0.5, 0.6) is 5.75 Å². The molecular formula is C15H17NO2. The van der Waals surface area contributed by atoms with E-state index in [1.165, 1.54) is 0 Å². The fourth-order valence-electron chi connectivity index (χ4n) is 1.80. The van der Waals surface area contributed by atoms with E-state index >= 15 is 0 Å².